The highest BCUT2D eigenvalue weighted by Crippen LogP contribution is 2.53. The van der Waals surface area contributed by atoms with Gasteiger partial charge in [0.2, 0.25) is 0 Å². The Kier molecular flexibility index (Phi) is 2.87. The zero-order valence-electron chi connectivity index (χ0n) is 11.7. The molecule has 0 spiro atoms. The molecular weight excluding hydrogens is 260 g/mol. The summed E-state index contributed by atoms with van der Waals surface area (Å²) in [6.45, 7) is 7.34. The van der Waals surface area contributed by atoms with Gasteiger partial charge in [0.25, 0.3) is 0 Å². The van der Waals surface area contributed by atoms with Crippen molar-refractivity contribution in [2.24, 2.45) is 17.8 Å². The van der Waals surface area contributed by atoms with Crippen LogP contribution < -0.4 is 0 Å². The van der Waals surface area contributed by atoms with E-state index in [1.165, 1.54) is 0 Å². The number of rotatable bonds is 1. The highest BCUT2D eigenvalue weighted by Gasteiger charge is 2.60. The number of carbonyl (C=O) groups is 1. The first-order valence-corrected chi connectivity index (χ1v) is 6.94. The lowest BCUT2D eigenvalue weighted by Crippen LogP contribution is -2.48. The highest BCUT2D eigenvalue weighted by atomic mass is 17.1. The summed E-state index contributed by atoms with van der Waals surface area (Å²) >= 11 is 0. The zero-order valence-corrected chi connectivity index (χ0v) is 11.7. The summed E-state index contributed by atoms with van der Waals surface area (Å²) in [7, 11) is 0. The van der Waals surface area contributed by atoms with Gasteiger partial charge in [-0.15, -0.1) is 0 Å². The Labute approximate surface area is 117 Å². The molecule has 20 heavy (non-hydrogen) atoms. The van der Waals surface area contributed by atoms with Crippen LogP contribution in [0.25, 0.3) is 0 Å². The molecule has 0 amide bonds. The van der Waals surface area contributed by atoms with Crippen molar-refractivity contribution < 1.29 is 24.8 Å². The Bertz CT molecular complexity index is 494. The summed E-state index contributed by atoms with van der Waals surface area (Å²) in [6.07, 6.45) is 4.38. The van der Waals surface area contributed by atoms with E-state index in [0.29, 0.717) is 18.4 Å². The Balaban J connectivity index is 2.06. The number of aliphatic hydroxyl groups is 1. The van der Waals surface area contributed by atoms with Gasteiger partial charge in [0.05, 0.1) is 5.60 Å². The van der Waals surface area contributed by atoms with Gasteiger partial charge in [-0.2, -0.15) is 0 Å². The summed E-state index contributed by atoms with van der Waals surface area (Å²) in [5, 5.41) is 20.0. The van der Waals surface area contributed by atoms with E-state index in [-0.39, 0.29) is 23.7 Å². The van der Waals surface area contributed by atoms with Crippen LogP contribution in [0, 0.1) is 17.8 Å². The van der Waals surface area contributed by atoms with E-state index in [2.05, 4.69) is 11.5 Å². The van der Waals surface area contributed by atoms with Gasteiger partial charge in [0, 0.05) is 23.3 Å². The number of esters is 1. The summed E-state index contributed by atoms with van der Waals surface area (Å²) in [4.78, 5) is 16.5. The first-order chi connectivity index (χ1) is 9.30. The molecule has 0 aromatic carbocycles. The maximum absolute atomic E-state index is 11.8. The van der Waals surface area contributed by atoms with Gasteiger partial charge >= 0.3 is 5.97 Å². The maximum Gasteiger partial charge on any atom is 0.334 e. The fraction of sp³-hybridized carbons (Fsp3) is 0.667. The lowest BCUT2D eigenvalue weighted by Gasteiger charge is -2.38. The summed E-state index contributed by atoms with van der Waals surface area (Å²) in [6, 6.07) is 0. The van der Waals surface area contributed by atoms with Gasteiger partial charge in [0.15, 0.2) is 0 Å². The van der Waals surface area contributed by atoms with E-state index >= 15 is 0 Å². The maximum atomic E-state index is 11.8. The van der Waals surface area contributed by atoms with Gasteiger partial charge in [-0.05, 0) is 26.7 Å². The average Bonchev–Trinajstić information content (AvgIpc) is 2.84. The monoisotopic (exact) mass is 280 g/mol. The van der Waals surface area contributed by atoms with Crippen molar-refractivity contribution in [2.75, 3.05) is 0 Å². The number of hydrogen-bond donors (Lipinski definition) is 2. The molecule has 5 heteroatoms. The molecule has 110 valence electrons. The Morgan fingerprint density at radius 3 is 2.85 bits per heavy atom. The molecule has 0 bridgehead atoms. The second-order valence-corrected chi connectivity index (χ2v) is 6.58. The third-order valence-electron chi connectivity index (χ3n) is 5.26. The average molecular weight is 280 g/mol. The predicted octanol–water partition coefficient (Wildman–Crippen LogP) is 1.68. The molecule has 0 aromatic heterocycles. The number of ether oxygens (including phenoxy) is 1. The van der Waals surface area contributed by atoms with Crippen molar-refractivity contribution in [1.82, 2.24) is 0 Å². The summed E-state index contributed by atoms with van der Waals surface area (Å²) in [5.74, 6) is -1.06. The van der Waals surface area contributed by atoms with Crippen LogP contribution in [0.1, 0.15) is 26.7 Å². The molecule has 3 aliphatic rings. The minimum Gasteiger partial charge on any atom is -0.458 e. The normalized spacial score (nSPS) is 50.6. The fourth-order valence-corrected chi connectivity index (χ4v) is 4.01. The Morgan fingerprint density at radius 2 is 2.20 bits per heavy atom. The van der Waals surface area contributed by atoms with E-state index < -0.39 is 17.3 Å². The van der Waals surface area contributed by atoms with Crippen LogP contribution in [-0.4, -0.2) is 33.6 Å². The molecule has 0 radical (unpaired) electrons. The molecule has 2 fully saturated rings. The van der Waals surface area contributed by atoms with E-state index in [1.807, 2.05) is 6.08 Å². The first kappa shape index (κ1) is 13.8. The summed E-state index contributed by atoms with van der Waals surface area (Å²) in [5.41, 5.74) is -1.43. The van der Waals surface area contributed by atoms with Crippen molar-refractivity contribution in [3.8, 4) is 0 Å². The van der Waals surface area contributed by atoms with Gasteiger partial charge in [0.1, 0.15) is 11.7 Å². The Hall–Kier alpha value is -1.17. The van der Waals surface area contributed by atoms with Crippen LogP contribution in [0.15, 0.2) is 24.3 Å². The minimum atomic E-state index is -0.965. The molecule has 0 unspecified atom stereocenters. The van der Waals surface area contributed by atoms with Crippen LogP contribution in [-0.2, 0) is 14.4 Å². The number of fused-ring (bicyclic) bond motifs is 3. The van der Waals surface area contributed by atoms with E-state index in [0.717, 1.165) is 0 Å². The van der Waals surface area contributed by atoms with Crippen LogP contribution in [0.5, 0.6) is 0 Å². The van der Waals surface area contributed by atoms with Gasteiger partial charge in [-0.3, -0.25) is 5.26 Å². The topological polar surface area (TPSA) is 76.0 Å². The van der Waals surface area contributed by atoms with Crippen molar-refractivity contribution in [1.29, 1.82) is 0 Å². The number of hydrogen-bond acceptors (Lipinski definition) is 5. The van der Waals surface area contributed by atoms with Crippen molar-refractivity contribution >= 4 is 5.97 Å². The molecule has 6 atom stereocenters. The minimum absolute atomic E-state index is 0.127. The standard InChI is InChI=1S/C15H20O5/c1-8-9-4-6-14(2,17)10-5-7-15(3,20-18)11(10)12(9)19-13(8)16/h5,7,9-12,17-18H,1,4,6H2,2-3H3/t9-,10+,11-,12-,14+,15+/m0/s1. The molecule has 1 saturated heterocycles. The van der Waals surface area contributed by atoms with Crippen molar-refractivity contribution in [3.63, 3.8) is 0 Å². The third kappa shape index (κ3) is 1.70. The van der Waals surface area contributed by atoms with E-state index in [9.17, 15) is 15.2 Å². The third-order valence-corrected chi connectivity index (χ3v) is 5.26. The fourth-order valence-electron chi connectivity index (χ4n) is 4.01. The molecule has 5 nitrogen and oxygen atoms in total. The van der Waals surface area contributed by atoms with Crippen LogP contribution in [0.2, 0.25) is 0 Å². The lowest BCUT2D eigenvalue weighted by atomic mass is 9.73. The lowest BCUT2D eigenvalue weighted by molar-refractivity contribution is -0.324. The molecule has 2 aliphatic carbocycles. The smallest absolute Gasteiger partial charge is 0.334 e. The predicted molar refractivity (Wildman–Crippen MR) is 70.6 cm³/mol. The SMILES string of the molecule is C=C1C(=O)O[C@@H]2[C@@H]3[C@@H](C=C[C@@]3(C)OO)[C@](C)(O)CC[C@@H]12. The molecule has 3 rings (SSSR count). The zero-order chi connectivity index (χ0) is 14.7. The second kappa shape index (κ2) is 4.16. The van der Waals surface area contributed by atoms with Gasteiger partial charge < -0.3 is 9.84 Å². The second-order valence-electron chi connectivity index (χ2n) is 6.58. The summed E-state index contributed by atoms with van der Waals surface area (Å²) < 4.78 is 5.48. The molecule has 0 aromatic rings. The van der Waals surface area contributed by atoms with Crippen LogP contribution in [0.4, 0.5) is 0 Å². The molecule has 1 saturated carbocycles. The molecular formula is C15H20O5. The van der Waals surface area contributed by atoms with Gasteiger partial charge in [-0.25, -0.2) is 9.68 Å². The van der Waals surface area contributed by atoms with E-state index in [4.69, 9.17) is 4.74 Å². The highest BCUT2D eigenvalue weighted by molar-refractivity contribution is 5.90. The van der Waals surface area contributed by atoms with Crippen molar-refractivity contribution in [2.45, 2.75) is 44.0 Å². The van der Waals surface area contributed by atoms with Crippen LogP contribution >= 0.6 is 0 Å². The van der Waals surface area contributed by atoms with Crippen molar-refractivity contribution in [3.05, 3.63) is 24.3 Å². The number of carbonyl (C=O) groups excluding carboxylic acids is 1. The largest absolute Gasteiger partial charge is 0.458 e. The van der Waals surface area contributed by atoms with Gasteiger partial charge in [-0.1, -0.05) is 18.7 Å². The molecule has 1 heterocycles. The molecule has 1 aliphatic heterocycles. The van der Waals surface area contributed by atoms with E-state index in [1.54, 1.807) is 19.9 Å². The Morgan fingerprint density at radius 1 is 1.50 bits per heavy atom. The quantitative estimate of drug-likeness (QED) is 0.251. The first-order valence-electron chi connectivity index (χ1n) is 6.94. The van der Waals surface area contributed by atoms with Crippen LogP contribution in [0.3, 0.4) is 0 Å². The molecule has 2 N–H and O–H groups in total.